The molecule has 0 radical (unpaired) electrons. The lowest BCUT2D eigenvalue weighted by Gasteiger charge is -2.05. The molecule has 0 amide bonds. The van der Waals surface area contributed by atoms with Gasteiger partial charge in [-0.15, -0.1) is 0 Å². The minimum atomic E-state index is 0.455. The fourth-order valence-corrected chi connectivity index (χ4v) is 1.59. The zero-order valence-electron chi connectivity index (χ0n) is 8.87. The van der Waals surface area contributed by atoms with Crippen molar-refractivity contribution >= 4 is 17.4 Å². The fraction of sp³-hybridized carbons (Fsp3) is 0.300. The summed E-state index contributed by atoms with van der Waals surface area (Å²) in [5, 5.41) is 3.64. The van der Waals surface area contributed by atoms with Crippen LogP contribution in [0.15, 0.2) is 18.6 Å². The third-order valence-electron chi connectivity index (χ3n) is 2.06. The molecule has 2 N–H and O–H groups in total. The molecule has 0 saturated heterocycles. The van der Waals surface area contributed by atoms with Gasteiger partial charge in [0.05, 0.1) is 6.33 Å². The summed E-state index contributed by atoms with van der Waals surface area (Å²) in [4.78, 5) is 15.2. The van der Waals surface area contributed by atoms with Crippen molar-refractivity contribution in [2.45, 2.75) is 13.3 Å². The standard InChI is InChI=1S/C10H12ClN5/c1-7-15-9(11)4-10(16-7)13-3-2-8-5-12-6-14-8/h4-6H,2-3H2,1H3,(H,12,14)(H,13,15,16). The predicted molar refractivity (Wildman–Crippen MR) is 62.6 cm³/mol. The maximum Gasteiger partial charge on any atom is 0.134 e. The average molecular weight is 238 g/mol. The summed E-state index contributed by atoms with van der Waals surface area (Å²) in [6.07, 6.45) is 4.33. The first-order valence-corrected chi connectivity index (χ1v) is 5.34. The highest BCUT2D eigenvalue weighted by Crippen LogP contribution is 2.10. The third-order valence-corrected chi connectivity index (χ3v) is 2.26. The Morgan fingerprint density at radius 2 is 2.31 bits per heavy atom. The van der Waals surface area contributed by atoms with Gasteiger partial charge in [0.25, 0.3) is 0 Å². The van der Waals surface area contributed by atoms with Crippen LogP contribution in [0.4, 0.5) is 5.82 Å². The fourth-order valence-electron chi connectivity index (χ4n) is 1.37. The molecule has 0 unspecified atom stereocenters. The molecule has 0 saturated carbocycles. The van der Waals surface area contributed by atoms with Gasteiger partial charge in [0, 0.05) is 30.9 Å². The minimum absolute atomic E-state index is 0.455. The third kappa shape index (κ3) is 2.93. The van der Waals surface area contributed by atoms with E-state index in [0.29, 0.717) is 11.0 Å². The maximum atomic E-state index is 5.82. The molecule has 0 spiro atoms. The molecule has 2 aromatic heterocycles. The smallest absolute Gasteiger partial charge is 0.134 e. The summed E-state index contributed by atoms with van der Waals surface area (Å²) in [7, 11) is 0. The lowest BCUT2D eigenvalue weighted by Crippen LogP contribution is -2.07. The number of imidazole rings is 1. The van der Waals surface area contributed by atoms with Crippen LogP contribution in [0.1, 0.15) is 11.5 Å². The van der Waals surface area contributed by atoms with Crippen molar-refractivity contribution in [3.05, 3.63) is 35.3 Å². The van der Waals surface area contributed by atoms with Crippen molar-refractivity contribution in [2.24, 2.45) is 0 Å². The highest BCUT2D eigenvalue weighted by molar-refractivity contribution is 6.29. The SMILES string of the molecule is Cc1nc(Cl)cc(NCCc2cnc[nH]2)n1. The van der Waals surface area contributed by atoms with Gasteiger partial charge in [-0.05, 0) is 6.92 Å². The molecule has 16 heavy (non-hydrogen) atoms. The van der Waals surface area contributed by atoms with Crippen molar-refractivity contribution in [1.82, 2.24) is 19.9 Å². The molecule has 0 fully saturated rings. The van der Waals surface area contributed by atoms with Crippen LogP contribution < -0.4 is 5.32 Å². The Kier molecular flexibility index (Phi) is 3.36. The van der Waals surface area contributed by atoms with E-state index >= 15 is 0 Å². The van der Waals surface area contributed by atoms with Gasteiger partial charge in [0.15, 0.2) is 0 Å². The normalized spacial score (nSPS) is 10.4. The molecule has 5 nitrogen and oxygen atoms in total. The molecule has 2 aromatic rings. The Labute approximate surface area is 98.3 Å². The van der Waals surface area contributed by atoms with Crippen molar-refractivity contribution in [3.8, 4) is 0 Å². The van der Waals surface area contributed by atoms with Crippen LogP contribution in [-0.2, 0) is 6.42 Å². The lowest BCUT2D eigenvalue weighted by molar-refractivity contribution is 0.954. The number of nitrogens with one attached hydrogen (secondary N) is 2. The summed E-state index contributed by atoms with van der Waals surface area (Å²) in [5.74, 6) is 1.41. The van der Waals surface area contributed by atoms with Gasteiger partial charge >= 0.3 is 0 Å². The van der Waals surface area contributed by atoms with Crippen LogP contribution >= 0.6 is 11.6 Å². The van der Waals surface area contributed by atoms with E-state index in [4.69, 9.17) is 11.6 Å². The van der Waals surface area contributed by atoms with Crippen LogP contribution in [0.2, 0.25) is 5.15 Å². The number of aromatic amines is 1. The number of anilines is 1. The Balaban J connectivity index is 1.89. The van der Waals surface area contributed by atoms with Crippen LogP contribution in [0.3, 0.4) is 0 Å². The van der Waals surface area contributed by atoms with E-state index in [2.05, 4.69) is 25.3 Å². The van der Waals surface area contributed by atoms with Crippen LogP contribution in [0.25, 0.3) is 0 Å². The second kappa shape index (κ2) is 4.94. The number of rotatable bonds is 4. The monoisotopic (exact) mass is 237 g/mol. The van der Waals surface area contributed by atoms with E-state index in [-0.39, 0.29) is 0 Å². The lowest BCUT2D eigenvalue weighted by atomic mass is 10.3. The van der Waals surface area contributed by atoms with E-state index in [0.717, 1.165) is 24.5 Å². The van der Waals surface area contributed by atoms with E-state index in [1.165, 1.54) is 0 Å². The molecule has 0 bridgehead atoms. The average Bonchev–Trinajstić information content (AvgIpc) is 2.69. The van der Waals surface area contributed by atoms with E-state index in [1.54, 1.807) is 18.6 Å². The summed E-state index contributed by atoms with van der Waals surface area (Å²) in [6.45, 7) is 2.58. The minimum Gasteiger partial charge on any atom is -0.370 e. The number of hydrogen-bond donors (Lipinski definition) is 2. The number of aromatic nitrogens is 4. The van der Waals surface area contributed by atoms with Crippen LogP contribution in [0, 0.1) is 6.92 Å². The molecular weight excluding hydrogens is 226 g/mol. The summed E-state index contributed by atoms with van der Waals surface area (Å²) in [5.41, 5.74) is 1.09. The van der Waals surface area contributed by atoms with Gasteiger partial charge in [-0.2, -0.15) is 0 Å². The van der Waals surface area contributed by atoms with Crippen LogP contribution in [-0.4, -0.2) is 26.5 Å². The van der Waals surface area contributed by atoms with E-state index in [1.807, 2.05) is 6.92 Å². The van der Waals surface area contributed by atoms with Gasteiger partial charge < -0.3 is 10.3 Å². The second-order valence-corrected chi connectivity index (χ2v) is 3.76. The van der Waals surface area contributed by atoms with Crippen molar-refractivity contribution in [2.75, 3.05) is 11.9 Å². The van der Waals surface area contributed by atoms with E-state index in [9.17, 15) is 0 Å². The molecule has 0 atom stereocenters. The molecule has 0 aliphatic carbocycles. The molecule has 2 heterocycles. The molecule has 0 aromatic carbocycles. The van der Waals surface area contributed by atoms with Crippen molar-refractivity contribution < 1.29 is 0 Å². The van der Waals surface area contributed by atoms with Crippen molar-refractivity contribution in [3.63, 3.8) is 0 Å². The van der Waals surface area contributed by atoms with Gasteiger partial charge in [-0.1, -0.05) is 11.6 Å². The molecule has 84 valence electrons. The summed E-state index contributed by atoms with van der Waals surface area (Å²) < 4.78 is 0. The van der Waals surface area contributed by atoms with Gasteiger partial charge in [0.2, 0.25) is 0 Å². The number of nitrogens with zero attached hydrogens (tertiary/aromatic N) is 3. The zero-order valence-corrected chi connectivity index (χ0v) is 9.62. The Bertz CT molecular complexity index is 434. The predicted octanol–water partition coefficient (Wildman–Crippen LogP) is 1.82. The number of aryl methyl sites for hydroxylation is 1. The molecule has 6 heteroatoms. The highest BCUT2D eigenvalue weighted by atomic mass is 35.5. The first kappa shape index (κ1) is 10.9. The first-order chi connectivity index (χ1) is 7.74. The van der Waals surface area contributed by atoms with Crippen molar-refractivity contribution in [1.29, 1.82) is 0 Å². The Morgan fingerprint density at radius 3 is 3.00 bits per heavy atom. The quantitative estimate of drug-likeness (QED) is 0.796. The van der Waals surface area contributed by atoms with Gasteiger partial charge in [-0.25, -0.2) is 15.0 Å². The molecule has 0 aliphatic heterocycles. The van der Waals surface area contributed by atoms with Crippen LogP contribution in [0.5, 0.6) is 0 Å². The summed E-state index contributed by atoms with van der Waals surface area (Å²) in [6, 6.07) is 1.71. The van der Waals surface area contributed by atoms with E-state index < -0.39 is 0 Å². The second-order valence-electron chi connectivity index (χ2n) is 3.38. The largest absolute Gasteiger partial charge is 0.370 e. The van der Waals surface area contributed by atoms with Gasteiger partial charge in [-0.3, -0.25) is 0 Å². The maximum absolute atomic E-state index is 5.82. The number of hydrogen-bond acceptors (Lipinski definition) is 4. The molecular formula is C10H12ClN5. The Hall–Kier alpha value is -1.62. The summed E-state index contributed by atoms with van der Waals surface area (Å²) >= 11 is 5.82. The number of halogens is 1. The number of H-pyrrole nitrogens is 1. The van der Waals surface area contributed by atoms with Gasteiger partial charge in [0.1, 0.15) is 16.8 Å². The molecule has 2 rings (SSSR count). The Morgan fingerprint density at radius 1 is 1.44 bits per heavy atom. The zero-order chi connectivity index (χ0) is 11.4. The first-order valence-electron chi connectivity index (χ1n) is 4.96. The topological polar surface area (TPSA) is 66.5 Å². The highest BCUT2D eigenvalue weighted by Gasteiger charge is 1.99. The molecule has 0 aliphatic rings.